The van der Waals surface area contributed by atoms with Crippen LogP contribution >= 0.6 is 0 Å². The van der Waals surface area contributed by atoms with Crippen molar-refractivity contribution in [3.05, 3.63) is 41.6 Å². The maximum atomic E-state index is 12.9. The Labute approximate surface area is 169 Å². The molecule has 1 fully saturated rings. The summed E-state index contributed by atoms with van der Waals surface area (Å²) in [6.07, 6.45) is 5.42. The van der Waals surface area contributed by atoms with Crippen LogP contribution in [0.2, 0.25) is 0 Å². The van der Waals surface area contributed by atoms with Gasteiger partial charge in [0.15, 0.2) is 11.6 Å². The number of piperidine rings is 1. The number of pyridine rings is 1. The minimum atomic E-state index is 0.0457. The summed E-state index contributed by atoms with van der Waals surface area (Å²) in [4.78, 5) is 23.7. The molecule has 1 saturated heterocycles. The quantitative estimate of drug-likeness (QED) is 0.671. The van der Waals surface area contributed by atoms with Crippen LogP contribution in [0.5, 0.6) is 0 Å². The lowest BCUT2D eigenvalue weighted by molar-refractivity contribution is 0.0696. The predicted molar refractivity (Wildman–Crippen MR) is 108 cm³/mol. The summed E-state index contributed by atoms with van der Waals surface area (Å²) in [5.41, 5.74) is 2.16. The Hall–Kier alpha value is -3.03. The molecule has 0 bridgehead atoms. The maximum Gasteiger partial charge on any atom is 0.259 e. The number of aromatic nitrogens is 5. The number of carbonyl (C=O) groups excluding carboxylic acids is 1. The molecule has 0 radical (unpaired) electrons. The third kappa shape index (κ3) is 3.79. The van der Waals surface area contributed by atoms with Crippen molar-refractivity contribution in [1.82, 2.24) is 29.8 Å². The van der Waals surface area contributed by atoms with E-state index in [1.165, 1.54) is 0 Å². The van der Waals surface area contributed by atoms with E-state index in [0.29, 0.717) is 29.0 Å². The van der Waals surface area contributed by atoms with Crippen LogP contribution in [0, 0.1) is 12.8 Å². The number of hydrogen-bond donors (Lipinski definition) is 0. The SMILES string of the molecule is Cc1c(C(=O)N2CCC(C)CC2)cnn1-c1ccc(-c2nc(C(C)C)no2)cn1. The molecule has 8 heteroatoms. The number of likely N-dealkylation sites (tertiary alicyclic amines) is 1. The Bertz CT molecular complexity index is 997. The van der Waals surface area contributed by atoms with Crippen molar-refractivity contribution < 1.29 is 9.32 Å². The molecule has 4 heterocycles. The fraction of sp³-hybridized carbons (Fsp3) is 0.476. The molecule has 0 atom stereocenters. The van der Waals surface area contributed by atoms with Crippen LogP contribution < -0.4 is 0 Å². The molecule has 8 nitrogen and oxygen atoms in total. The van der Waals surface area contributed by atoms with E-state index in [2.05, 4.69) is 27.1 Å². The molecule has 0 N–H and O–H groups in total. The van der Waals surface area contributed by atoms with E-state index in [1.54, 1.807) is 17.1 Å². The second-order valence-electron chi connectivity index (χ2n) is 8.05. The third-order valence-corrected chi connectivity index (χ3v) is 5.48. The molecule has 0 spiro atoms. The van der Waals surface area contributed by atoms with Crippen molar-refractivity contribution in [1.29, 1.82) is 0 Å². The fourth-order valence-electron chi connectivity index (χ4n) is 3.46. The zero-order valence-electron chi connectivity index (χ0n) is 17.3. The number of nitrogens with zero attached hydrogens (tertiary/aromatic N) is 6. The summed E-state index contributed by atoms with van der Waals surface area (Å²) in [6, 6.07) is 3.71. The van der Waals surface area contributed by atoms with Crippen LogP contribution in [0.4, 0.5) is 0 Å². The Balaban J connectivity index is 1.54. The molecule has 3 aromatic heterocycles. The second kappa shape index (κ2) is 7.77. The second-order valence-corrected chi connectivity index (χ2v) is 8.05. The van der Waals surface area contributed by atoms with Gasteiger partial charge < -0.3 is 9.42 Å². The minimum absolute atomic E-state index is 0.0457. The van der Waals surface area contributed by atoms with Crippen molar-refractivity contribution in [2.24, 2.45) is 5.92 Å². The summed E-state index contributed by atoms with van der Waals surface area (Å²) < 4.78 is 7.01. The highest BCUT2D eigenvalue weighted by molar-refractivity contribution is 5.95. The van der Waals surface area contributed by atoms with E-state index in [9.17, 15) is 4.79 Å². The summed E-state index contributed by atoms with van der Waals surface area (Å²) in [7, 11) is 0. The van der Waals surface area contributed by atoms with E-state index in [-0.39, 0.29) is 11.8 Å². The minimum Gasteiger partial charge on any atom is -0.339 e. The lowest BCUT2D eigenvalue weighted by Crippen LogP contribution is -2.38. The lowest BCUT2D eigenvalue weighted by atomic mass is 9.99. The highest BCUT2D eigenvalue weighted by Crippen LogP contribution is 2.22. The molecular weight excluding hydrogens is 368 g/mol. The van der Waals surface area contributed by atoms with Crippen LogP contribution in [0.1, 0.15) is 61.4 Å². The number of amides is 1. The van der Waals surface area contributed by atoms with Crippen LogP contribution in [-0.2, 0) is 0 Å². The van der Waals surface area contributed by atoms with Gasteiger partial charge in [0.05, 0.1) is 23.0 Å². The van der Waals surface area contributed by atoms with Gasteiger partial charge in [-0.2, -0.15) is 10.1 Å². The molecule has 152 valence electrons. The predicted octanol–water partition coefficient (Wildman–Crippen LogP) is 3.62. The van der Waals surface area contributed by atoms with Gasteiger partial charge in [0, 0.05) is 25.2 Å². The van der Waals surface area contributed by atoms with Crippen molar-refractivity contribution in [2.75, 3.05) is 13.1 Å². The van der Waals surface area contributed by atoms with Crippen molar-refractivity contribution in [3.8, 4) is 17.3 Å². The van der Waals surface area contributed by atoms with Gasteiger partial charge in [-0.1, -0.05) is 25.9 Å². The Morgan fingerprint density at radius 2 is 1.97 bits per heavy atom. The van der Waals surface area contributed by atoms with Crippen molar-refractivity contribution in [3.63, 3.8) is 0 Å². The normalized spacial score (nSPS) is 15.3. The summed E-state index contributed by atoms with van der Waals surface area (Å²) in [5.74, 6) is 2.68. The summed E-state index contributed by atoms with van der Waals surface area (Å²) in [5, 5.41) is 8.39. The fourth-order valence-corrected chi connectivity index (χ4v) is 3.46. The molecule has 3 aromatic rings. The molecule has 1 aliphatic heterocycles. The van der Waals surface area contributed by atoms with E-state index in [0.717, 1.165) is 37.2 Å². The average Bonchev–Trinajstić information content (AvgIpc) is 3.36. The molecule has 4 rings (SSSR count). The van der Waals surface area contributed by atoms with Gasteiger partial charge in [0.25, 0.3) is 11.8 Å². The molecule has 29 heavy (non-hydrogen) atoms. The molecule has 1 amide bonds. The first-order chi connectivity index (χ1) is 13.9. The monoisotopic (exact) mass is 394 g/mol. The van der Waals surface area contributed by atoms with Crippen LogP contribution in [0.15, 0.2) is 29.0 Å². The molecule has 0 unspecified atom stereocenters. The standard InChI is InChI=1S/C21H26N6O2/c1-13(2)19-24-20(29-25-19)16-5-6-18(22-11-16)27-15(4)17(12-23-27)21(28)26-9-7-14(3)8-10-26/h5-6,11-14H,7-10H2,1-4H3. The first-order valence-electron chi connectivity index (χ1n) is 10.1. The first kappa shape index (κ1) is 19.3. The van der Waals surface area contributed by atoms with E-state index >= 15 is 0 Å². The highest BCUT2D eigenvalue weighted by atomic mass is 16.5. The third-order valence-electron chi connectivity index (χ3n) is 5.48. The van der Waals surface area contributed by atoms with E-state index in [4.69, 9.17) is 4.52 Å². The van der Waals surface area contributed by atoms with Gasteiger partial charge in [-0.05, 0) is 37.8 Å². The maximum absolute atomic E-state index is 12.9. The average molecular weight is 394 g/mol. The van der Waals surface area contributed by atoms with Gasteiger partial charge in [-0.15, -0.1) is 0 Å². The van der Waals surface area contributed by atoms with Crippen molar-refractivity contribution in [2.45, 2.75) is 46.5 Å². The zero-order valence-corrected chi connectivity index (χ0v) is 17.3. The number of hydrogen-bond acceptors (Lipinski definition) is 6. The van der Waals surface area contributed by atoms with Crippen LogP contribution in [0.3, 0.4) is 0 Å². The van der Waals surface area contributed by atoms with Gasteiger partial charge in [-0.25, -0.2) is 9.67 Å². The van der Waals surface area contributed by atoms with Gasteiger partial charge in [0.1, 0.15) is 0 Å². The molecule has 0 saturated carbocycles. The topological polar surface area (TPSA) is 89.9 Å². The number of rotatable bonds is 4. The Kier molecular flexibility index (Phi) is 5.17. The summed E-state index contributed by atoms with van der Waals surface area (Å²) >= 11 is 0. The van der Waals surface area contributed by atoms with Crippen LogP contribution in [-0.4, -0.2) is 48.8 Å². The number of carbonyl (C=O) groups is 1. The largest absolute Gasteiger partial charge is 0.339 e. The Morgan fingerprint density at radius 1 is 1.21 bits per heavy atom. The Morgan fingerprint density at radius 3 is 2.59 bits per heavy atom. The summed E-state index contributed by atoms with van der Waals surface area (Å²) in [6.45, 7) is 9.77. The molecule has 1 aliphatic rings. The van der Waals surface area contributed by atoms with Crippen molar-refractivity contribution >= 4 is 5.91 Å². The highest BCUT2D eigenvalue weighted by Gasteiger charge is 2.25. The molecular formula is C21H26N6O2. The smallest absolute Gasteiger partial charge is 0.259 e. The zero-order chi connectivity index (χ0) is 20.5. The molecule has 0 aliphatic carbocycles. The van der Waals surface area contributed by atoms with Crippen LogP contribution in [0.25, 0.3) is 17.3 Å². The van der Waals surface area contributed by atoms with Gasteiger partial charge in [0.2, 0.25) is 0 Å². The van der Waals surface area contributed by atoms with Gasteiger partial charge >= 0.3 is 0 Å². The van der Waals surface area contributed by atoms with E-state index in [1.807, 2.05) is 37.8 Å². The lowest BCUT2D eigenvalue weighted by Gasteiger charge is -2.30. The van der Waals surface area contributed by atoms with Gasteiger partial charge in [-0.3, -0.25) is 4.79 Å². The van der Waals surface area contributed by atoms with E-state index < -0.39 is 0 Å². The molecule has 0 aromatic carbocycles. The first-order valence-corrected chi connectivity index (χ1v) is 10.1.